The molecule has 1 fully saturated rings. The van der Waals surface area contributed by atoms with Crippen molar-refractivity contribution in [1.82, 2.24) is 0 Å². The zero-order chi connectivity index (χ0) is 13.7. The molecule has 0 unspecified atom stereocenters. The molecule has 1 aromatic carbocycles. The van der Waals surface area contributed by atoms with Gasteiger partial charge in [-0.3, -0.25) is 0 Å². The second-order valence-corrected chi connectivity index (χ2v) is 6.13. The van der Waals surface area contributed by atoms with Crippen molar-refractivity contribution < 1.29 is 0 Å². The number of nitrogens with zero attached hydrogens (tertiary/aromatic N) is 1. The zero-order valence-corrected chi connectivity index (χ0v) is 12.6. The number of hydrogen-bond acceptors (Lipinski definition) is 2. The van der Waals surface area contributed by atoms with Gasteiger partial charge in [-0.15, -0.1) is 0 Å². The van der Waals surface area contributed by atoms with Crippen molar-refractivity contribution >= 4 is 17.3 Å². The van der Waals surface area contributed by atoms with Crippen molar-refractivity contribution in [3.05, 3.63) is 28.8 Å². The lowest BCUT2D eigenvalue weighted by atomic mass is 9.89. The topological polar surface area (TPSA) is 29.3 Å². The smallest absolute Gasteiger partial charge is 0.0426 e. The lowest BCUT2D eigenvalue weighted by molar-refractivity contribution is 0.362. The first-order valence-corrected chi connectivity index (χ1v) is 7.78. The summed E-state index contributed by atoms with van der Waals surface area (Å²) in [6.07, 6.45) is 7.86. The van der Waals surface area contributed by atoms with Crippen LogP contribution in [0, 0.1) is 5.92 Å². The first-order chi connectivity index (χ1) is 9.20. The van der Waals surface area contributed by atoms with Crippen LogP contribution in [0.5, 0.6) is 0 Å². The van der Waals surface area contributed by atoms with Crippen LogP contribution in [0.4, 0.5) is 5.69 Å². The predicted molar refractivity (Wildman–Crippen MR) is 84.1 cm³/mol. The highest BCUT2D eigenvalue weighted by Gasteiger charge is 2.17. The summed E-state index contributed by atoms with van der Waals surface area (Å²) in [6.45, 7) is 1.82. The van der Waals surface area contributed by atoms with Crippen LogP contribution >= 0.6 is 11.6 Å². The van der Waals surface area contributed by atoms with E-state index < -0.39 is 0 Å². The molecule has 1 aliphatic rings. The van der Waals surface area contributed by atoms with Crippen molar-refractivity contribution in [1.29, 1.82) is 0 Å². The van der Waals surface area contributed by atoms with E-state index in [1.807, 2.05) is 6.07 Å². The van der Waals surface area contributed by atoms with Gasteiger partial charge in [0.1, 0.15) is 0 Å². The molecule has 1 aliphatic carbocycles. The summed E-state index contributed by atoms with van der Waals surface area (Å²) in [4.78, 5) is 2.37. The highest BCUT2D eigenvalue weighted by molar-refractivity contribution is 6.30. The standard InChI is InChI=1S/C16H25ClN2/c1-19(12-13-5-3-2-4-6-13)16-11-15(17)8-7-14(16)9-10-18/h7-8,11,13H,2-6,9-10,12,18H2,1H3. The number of nitrogens with two attached hydrogens (primary N) is 1. The van der Waals surface area contributed by atoms with E-state index in [1.54, 1.807) is 0 Å². The highest BCUT2D eigenvalue weighted by atomic mass is 35.5. The van der Waals surface area contributed by atoms with E-state index in [1.165, 1.54) is 43.4 Å². The molecule has 2 nitrogen and oxygen atoms in total. The normalized spacial score (nSPS) is 16.6. The molecule has 0 aromatic heterocycles. The Morgan fingerprint density at radius 3 is 2.68 bits per heavy atom. The van der Waals surface area contributed by atoms with Crippen LogP contribution in [0.1, 0.15) is 37.7 Å². The van der Waals surface area contributed by atoms with Crippen molar-refractivity contribution in [2.45, 2.75) is 38.5 Å². The van der Waals surface area contributed by atoms with Crippen molar-refractivity contribution in [2.24, 2.45) is 11.7 Å². The molecular formula is C16H25ClN2. The summed E-state index contributed by atoms with van der Waals surface area (Å²) in [7, 11) is 2.18. The van der Waals surface area contributed by atoms with Gasteiger partial charge in [0.2, 0.25) is 0 Å². The lowest BCUT2D eigenvalue weighted by Crippen LogP contribution is -2.27. The van der Waals surface area contributed by atoms with Gasteiger partial charge in [0, 0.05) is 24.3 Å². The predicted octanol–water partition coefficient (Wildman–Crippen LogP) is 3.86. The molecular weight excluding hydrogens is 256 g/mol. The fourth-order valence-corrected chi connectivity index (χ4v) is 3.28. The fraction of sp³-hybridized carbons (Fsp3) is 0.625. The fourth-order valence-electron chi connectivity index (χ4n) is 3.11. The van der Waals surface area contributed by atoms with Gasteiger partial charge in [0.05, 0.1) is 0 Å². The van der Waals surface area contributed by atoms with E-state index in [4.69, 9.17) is 17.3 Å². The van der Waals surface area contributed by atoms with Gasteiger partial charge in [-0.05, 0) is 49.4 Å². The molecule has 0 amide bonds. The van der Waals surface area contributed by atoms with Crippen LogP contribution in [0.3, 0.4) is 0 Å². The molecule has 106 valence electrons. The van der Waals surface area contributed by atoms with Gasteiger partial charge in [-0.25, -0.2) is 0 Å². The molecule has 0 radical (unpaired) electrons. The third-order valence-electron chi connectivity index (χ3n) is 4.13. The monoisotopic (exact) mass is 280 g/mol. The van der Waals surface area contributed by atoms with Crippen LogP contribution in [0.2, 0.25) is 5.02 Å². The number of benzene rings is 1. The second kappa shape index (κ2) is 7.16. The maximum atomic E-state index is 6.15. The Balaban J connectivity index is 2.07. The first-order valence-electron chi connectivity index (χ1n) is 7.40. The van der Waals surface area contributed by atoms with Crippen LogP contribution in [-0.4, -0.2) is 20.1 Å². The summed E-state index contributed by atoms with van der Waals surface area (Å²) in [6, 6.07) is 6.15. The molecule has 0 spiro atoms. The molecule has 3 heteroatoms. The van der Waals surface area contributed by atoms with Crippen molar-refractivity contribution in [3.8, 4) is 0 Å². The summed E-state index contributed by atoms with van der Waals surface area (Å²) in [5.74, 6) is 0.837. The summed E-state index contributed by atoms with van der Waals surface area (Å²) in [5.41, 5.74) is 8.26. The Kier molecular flexibility index (Phi) is 5.53. The number of anilines is 1. The van der Waals surface area contributed by atoms with Crippen molar-refractivity contribution in [3.63, 3.8) is 0 Å². The summed E-state index contributed by atoms with van der Waals surface area (Å²) in [5, 5.41) is 0.811. The molecule has 0 atom stereocenters. The average molecular weight is 281 g/mol. The number of hydrogen-bond donors (Lipinski definition) is 1. The molecule has 2 N–H and O–H groups in total. The van der Waals surface area contributed by atoms with Gasteiger partial charge < -0.3 is 10.6 Å². The Hall–Kier alpha value is -0.730. The third kappa shape index (κ3) is 4.12. The third-order valence-corrected chi connectivity index (χ3v) is 4.36. The minimum atomic E-state index is 0.686. The van der Waals surface area contributed by atoms with Crippen LogP contribution in [0.15, 0.2) is 18.2 Å². The van der Waals surface area contributed by atoms with Crippen LogP contribution in [0.25, 0.3) is 0 Å². The van der Waals surface area contributed by atoms with Crippen LogP contribution in [-0.2, 0) is 6.42 Å². The van der Waals surface area contributed by atoms with E-state index in [0.29, 0.717) is 6.54 Å². The van der Waals surface area contributed by atoms with Gasteiger partial charge in [0.25, 0.3) is 0 Å². The SMILES string of the molecule is CN(CC1CCCCC1)c1cc(Cl)ccc1CCN. The Morgan fingerprint density at radius 1 is 1.26 bits per heavy atom. The largest absolute Gasteiger partial charge is 0.374 e. The van der Waals surface area contributed by atoms with Gasteiger partial charge in [0.15, 0.2) is 0 Å². The molecule has 0 bridgehead atoms. The summed E-state index contributed by atoms with van der Waals surface area (Å²) < 4.78 is 0. The Bertz CT molecular complexity index is 400. The highest BCUT2D eigenvalue weighted by Crippen LogP contribution is 2.29. The molecule has 1 aromatic rings. The number of rotatable bonds is 5. The second-order valence-electron chi connectivity index (χ2n) is 5.70. The summed E-state index contributed by atoms with van der Waals surface area (Å²) >= 11 is 6.15. The maximum absolute atomic E-state index is 6.15. The molecule has 0 saturated heterocycles. The molecule has 2 rings (SSSR count). The van der Waals surface area contributed by atoms with Crippen molar-refractivity contribution in [2.75, 3.05) is 25.0 Å². The molecule has 1 saturated carbocycles. The molecule has 0 heterocycles. The van der Waals surface area contributed by atoms with Gasteiger partial charge >= 0.3 is 0 Å². The Morgan fingerprint density at radius 2 is 2.00 bits per heavy atom. The van der Waals surface area contributed by atoms with E-state index in [0.717, 1.165) is 23.9 Å². The quantitative estimate of drug-likeness (QED) is 0.887. The Labute approximate surface area is 121 Å². The zero-order valence-electron chi connectivity index (χ0n) is 11.9. The minimum Gasteiger partial charge on any atom is -0.374 e. The van der Waals surface area contributed by atoms with E-state index in [2.05, 4.69) is 24.1 Å². The van der Waals surface area contributed by atoms with E-state index >= 15 is 0 Å². The van der Waals surface area contributed by atoms with E-state index in [9.17, 15) is 0 Å². The molecule has 19 heavy (non-hydrogen) atoms. The minimum absolute atomic E-state index is 0.686. The number of halogens is 1. The average Bonchev–Trinajstić information content (AvgIpc) is 2.42. The van der Waals surface area contributed by atoms with Gasteiger partial charge in [-0.1, -0.05) is 36.9 Å². The van der Waals surface area contributed by atoms with E-state index in [-0.39, 0.29) is 0 Å². The van der Waals surface area contributed by atoms with Gasteiger partial charge in [-0.2, -0.15) is 0 Å². The first kappa shape index (κ1) is 14.7. The maximum Gasteiger partial charge on any atom is 0.0426 e. The van der Waals surface area contributed by atoms with Crippen LogP contribution < -0.4 is 10.6 Å². The molecule has 0 aliphatic heterocycles. The lowest BCUT2D eigenvalue weighted by Gasteiger charge is -2.29.